The van der Waals surface area contributed by atoms with E-state index in [1.807, 2.05) is 36.3 Å². The van der Waals surface area contributed by atoms with E-state index < -0.39 is 0 Å². The molecule has 80 valence electrons. The highest BCUT2D eigenvalue weighted by Crippen LogP contribution is 2.29. The van der Waals surface area contributed by atoms with E-state index in [1.54, 1.807) is 0 Å². The Bertz CT molecular complexity index is 344. The van der Waals surface area contributed by atoms with Gasteiger partial charge in [-0.2, -0.15) is 0 Å². The number of nitrogens with one attached hydrogen (secondary N) is 1. The number of rotatable bonds is 5. The third kappa shape index (κ3) is 2.57. The maximum absolute atomic E-state index is 4.00. The summed E-state index contributed by atoms with van der Waals surface area (Å²) in [5, 5.41) is 2.03. The van der Waals surface area contributed by atoms with Crippen molar-refractivity contribution in [2.75, 3.05) is 18.6 Å². The van der Waals surface area contributed by atoms with E-state index in [0.717, 1.165) is 23.8 Å². The molecule has 1 aromatic carbocycles. The van der Waals surface area contributed by atoms with Gasteiger partial charge < -0.3 is 5.01 Å². The standard InChI is InChI=1S/C12H17N3/c1-13-11-5-3-4-6-12(11)15(2)14-9-10-7-8-10/h3-6,10,14H,1,7-9H2,2H3. The van der Waals surface area contributed by atoms with Crippen molar-refractivity contribution < 1.29 is 0 Å². The monoisotopic (exact) mass is 203 g/mol. The number of hydrazine groups is 1. The lowest BCUT2D eigenvalue weighted by Gasteiger charge is -2.21. The molecule has 0 aromatic heterocycles. The highest BCUT2D eigenvalue weighted by molar-refractivity contribution is 5.67. The summed E-state index contributed by atoms with van der Waals surface area (Å²) in [6.07, 6.45) is 2.73. The van der Waals surface area contributed by atoms with Crippen molar-refractivity contribution in [1.82, 2.24) is 5.43 Å². The Morgan fingerprint density at radius 1 is 1.47 bits per heavy atom. The summed E-state index contributed by atoms with van der Waals surface area (Å²) in [6.45, 7) is 4.63. The van der Waals surface area contributed by atoms with Gasteiger partial charge in [-0.25, -0.2) is 5.43 Å². The van der Waals surface area contributed by atoms with Crippen molar-refractivity contribution in [1.29, 1.82) is 0 Å². The smallest absolute Gasteiger partial charge is 0.0869 e. The molecule has 1 saturated carbocycles. The Balaban J connectivity index is 2.02. The molecule has 1 N–H and O–H groups in total. The van der Waals surface area contributed by atoms with E-state index in [0.29, 0.717) is 0 Å². The summed E-state index contributed by atoms with van der Waals surface area (Å²) in [6, 6.07) is 8.00. The molecule has 1 aromatic rings. The number of nitrogens with zero attached hydrogens (tertiary/aromatic N) is 2. The molecule has 0 spiro atoms. The lowest BCUT2D eigenvalue weighted by molar-refractivity contribution is 0.629. The lowest BCUT2D eigenvalue weighted by Crippen LogP contribution is -2.35. The van der Waals surface area contributed by atoms with Gasteiger partial charge in [0.05, 0.1) is 11.4 Å². The van der Waals surface area contributed by atoms with Crippen LogP contribution < -0.4 is 10.4 Å². The molecule has 2 rings (SSSR count). The molecule has 0 unspecified atom stereocenters. The van der Waals surface area contributed by atoms with E-state index in [9.17, 15) is 0 Å². The minimum absolute atomic E-state index is 0.872. The van der Waals surface area contributed by atoms with Crippen molar-refractivity contribution in [3.63, 3.8) is 0 Å². The van der Waals surface area contributed by atoms with Gasteiger partial charge in [-0.3, -0.25) is 4.99 Å². The van der Waals surface area contributed by atoms with Gasteiger partial charge in [0.2, 0.25) is 0 Å². The van der Waals surface area contributed by atoms with Crippen LogP contribution in [0.5, 0.6) is 0 Å². The van der Waals surface area contributed by atoms with E-state index in [2.05, 4.69) is 17.1 Å². The minimum Gasteiger partial charge on any atom is -0.309 e. The summed E-state index contributed by atoms with van der Waals surface area (Å²) in [5.41, 5.74) is 5.38. The van der Waals surface area contributed by atoms with Crippen LogP contribution in [-0.4, -0.2) is 20.3 Å². The first-order valence-electron chi connectivity index (χ1n) is 5.34. The lowest BCUT2D eigenvalue weighted by atomic mass is 10.2. The SMILES string of the molecule is C=Nc1ccccc1N(C)NCC1CC1. The molecule has 3 heteroatoms. The maximum atomic E-state index is 4.00. The molecule has 0 amide bonds. The largest absolute Gasteiger partial charge is 0.309 e. The second-order valence-corrected chi connectivity index (χ2v) is 4.01. The summed E-state index contributed by atoms with van der Waals surface area (Å²) in [7, 11) is 2.02. The van der Waals surface area contributed by atoms with Crippen LogP contribution in [0.1, 0.15) is 12.8 Å². The quantitative estimate of drug-likeness (QED) is 0.587. The van der Waals surface area contributed by atoms with Crippen LogP contribution in [0, 0.1) is 5.92 Å². The van der Waals surface area contributed by atoms with Crippen LogP contribution in [0.3, 0.4) is 0 Å². The molecule has 3 nitrogen and oxygen atoms in total. The Labute approximate surface area is 90.8 Å². The first-order chi connectivity index (χ1) is 7.31. The van der Waals surface area contributed by atoms with Gasteiger partial charge in [0.15, 0.2) is 0 Å². The van der Waals surface area contributed by atoms with Crippen molar-refractivity contribution in [2.24, 2.45) is 10.9 Å². The summed E-state index contributed by atoms with van der Waals surface area (Å²) < 4.78 is 0. The van der Waals surface area contributed by atoms with Crippen molar-refractivity contribution in [3.05, 3.63) is 24.3 Å². The van der Waals surface area contributed by atoms with Crippen LogP contribution in [0.4, 0.5) is 11.4 Å². The van der Waals surface area contributed by atoms with E-state index >= 15 is 0 Å². The van der Waals surface area contributed by atoms with Gasteiger partial charge >= 0.3 is 0 Å². The molecule has 1 aliphatic carbocycles. The minimum atomic E-state index is 0.872. The number of aliphatic imine (C=N–C) groups is 1. The van der Waals surface area contributed by atoms with E-state index in [4.69, 9.17) is 0 Å². The number of hydrogen-bond donors (Lipinski definition) is 1. The summed E-state index contributed by atoms with van der Waals surface area (Å²) >= 11 is 0. The predicted octanol–water partition coefficient (Wildman–Crippen LogP) is 2.37. The van der Waals surface area contributed by atoms with E-state index in [-0.39, 0.29) is 0 Å². The van der Waals surface area contributed by atoms with Crippen molar-refractivity contribution in [3.8, 4) is 0 Å². The van der Waals surface area contributed by atoms with Crippen LogP contribution in [0.25, 0.3) is 0 Å². The molecule has 0 bridgehead atoms. The average molecular weight is 203 g/mol. The molecule has 0 aliphatic heterocycles. The van der Waals surface area contributed by atoms with Gasteiger partial charge in [0.25, 0.3) is 0 Å². The van der Waals surface area contributed by atoms with Crippen molar-refractivity contribution >= 4 is 18.1 Å². The molecule has 15 heavy (non-hydrogen) atoms. The molecule has 0 radical (unpaired) electrons. The zero-order valence-electron chi connectivity index (χ0n) is 9.11. The molecule has 1 aliphatic rings. The normalized spacial score (nSPS) is 15.0. The Morgan fingerprint density at radius 2 is 2.20 bits per heavy atom. The van der Waals surface area contributed by atoms with Gasteiger partial charge in [-0.15, -0.1) is 0 Å². The molecular formula is C12H17N3. The van der Waals surface area contributed by atoms with Crippen LogP contribution in [0.15, 0.2) is 29.3 Å². The first-order valence-corrected chi connectivity index (χ1v) is 5.34. The second kappa shape index (κ2) is 4.45. The van der Waals surface area contributed by atoms with Crippen LogP contribution >= 0.6 is 0 Å². The topological polar surface area (TPSA) is 27.6 Å². The molecule has 0 saturated heterocycles. The number of anilines is 1. The van der Waals surface area contributed by atoms with Crippen molar-refractivity contribution in [2.45, 2.75) is 12.8 Å². The highest BCUT2D eigenvalue weighted by Gasteiger charge is 2.21. The van der Waals surface area contributed by atoms with Crippen LogP contribution in [0.2, 0.25) is 0 Å². The van der Waals surface area contributed by atoms with Crippen LogP contribution in [-0.2, 0) is 0 Å². The third-order valence-corrected chi connectivity index (χ3v) is 2.73. The fourth-order valence-corrected chi connectivity index (χ4v) is 1.55. The zero-order valence-corrected chi connectivity index (χ0v) is 9.11. The zero-order chi connectivity index (χ0) is 10.7. The van der Waals surface area contributed by atoms with E-state index in [1.165, 1.54) is 12.8 Å². The maximum Gasteiger partial charge on any atom is 0.0869 e. The molecule has 0 heterocycles. The summed E-state index contributed by atoms with van der Waals surface area (Å²) in [5.74, 6) is 0.872. The Kier molecular flexibility index (Phi) is 3.02. The molecular weight excluding hydrogens is 186 g/mol. The Hall–Kier alpha value is -1.35. The predicted molar refractivity (Wildman–Crippen MR) is 64.8 cm³/mol. The average Bonchev–Trinajstić information content (AvgIpc) is 3.09. The first kappa shape index (κ1) is 10.2. The van der Waals surface area contributed by atoms with Gasteiger partial charge in [0.1, 0.15) is 0 Å². The fraction of sp³-hybridized carbons (Fsp3) is 0.417. The number of benzene rings is 1. The molecule has 1 fully saturated rings. The fourth-order valence-electron chi connectivity index (χ4n) is 1.55. The highest BCUT2D eigenvalue weighted by atomic mass is 15.5. The van der Waals surface area contributed by atoms with Gasteiger partial charge in [-0.05, 0) is 37.6 Å². The van der Waals surface area contributed by atoms with Gasteiger partial charge in [0, 0.05) is 13.6 Å². The number of para-hydroxylation sites is 2. The second-order valence-electron chi connectivity index (χ2n) is 4.01. The van der Waals surface area contributed by atoms with Gasteiger partial charge in [-0.1, -0.05) is 12.1 Å². The Morgan fingerprint density at radius 3 is 2.87 bits per heavy atom. The molecule has 0 atom stereocenters. The number of hydrogen-bond acceptors (Lipinski definition) is 3. The summed E-state index contributed by atoms with van der Waals surface area (Å²) in [4.78, 5) is 4.00. The third-order valence-electron chi connectivity index (χ3n) is 2.73.